The highest BCUT2D eigenvalue weighted by Gasteiger charge is 2.13. The first-order valence-corrected chi connectivity index (χ1v) is 4.57. The average molecular weight is 210 g/mol. The molecule has 0 aliphatic carbocycles. The highest BCUT2D eigenvalue weighted by molar-refractivity contribution is 5.91. The quantitative estimate of drug-likeness (QED) is 0.682. The third kappa shape index (κ3) is 3.17. The summed E-state index contributed by atoms with van der Waals surface area (Å²) in [6, 6.07) is 2.56. The van der Waals surface area contributed by atoms with Gasteiger partial charge in [-0.2, -0.15) is 5.10 Å². The van der Waals surface area contributed by atoms with Crippen molar-refractivity contribution in [3.63, 3.8) is 0 Å². The highest BCUT2D eigenvalue weighted by atomic mass is 16.2. The van der Waals surface area contributed by atoms with E-state index in [-0.39, 0.29) is 23.2 Å². The average Bonchev–Trinajstić information content (AvgIpc) is 2.17. The Bertz CT molecular complexity index is 379. The van der Waals surface area contributed by atoms with Crippen molar-refractivity contribution in [1.82, 2.24) is 15.1 Å². The number of H-pyrrole nitrogens is 1. The van der Waals surface area contributed by atoms with E-state index in [1.54, 1.807) is 7.05 Å². The molecule has 0 saturated heterocycles. The number of amides is 1. The molecule has 1 heterocycles. The lowest BCUT2D eigenvalue weighted by atomic mass is 10.3. The highest BCUT2D eigenvalue weighted by Crippen LogP contribution is 1.97. The number of aromatic nitrogens is 2. The van der Waals surface area contributed by atoms with Crippen LogP contribution in [0.5, 0.6) is 0 Å². The predicted octanol–water partition coefficient (Wildman–Crippen LogP) is -0.811. The van der Waals surface area contributed by atoms with Crippen molar-refractivity contribution in [1.29, 1.82) is 0 Å². The Morgan fingerprint density at radius 3 is 2.80 bits per heavy atom. The SMILES string of the molecule is CC(N)CN(C)C(=O)c1ccc(=O)[nH]n1. The third-order valence-electron chi connectivity index (χ3n) is 1.81. The number of nitrogens with zero attached hydrogens (tertiary/aromatic N) is 2. The van der Waals surface area contributed by atoms with Crippen LogP contribution in [-0.4, -0.2) is 40.6 Å². The summed E-state index contributed by atoms with van der Waals surface area (Å²) in [5, 5.41) is 5.84. The molecule has 0 aromatic carbocycles. The van der Waals surface area contributed by atoms with Gasteiger partial charge in [-0.3, -0.25) is 9.59 Å². The predicted molar refractivity (Wildman–Crippen MR) is 55.5 cm³/mol. The van der Waals surface area contributed by atoms with Gasteiger partial charge in [0, 0.05) is 25.7 Å². The van der Waals surface area contributed by atoms with E-state index in [1.807, 2.05) is 6.92 Å². The molecule has 0 aliphatic rings. The topological polar surface area (TPSA) is 92.1 Å². The largest absolute Gasteiger partial charge is 0.339 e. The number of rotatable bonds is 3. The van der Waals surface area contributed by atoms with Gasteiger partial charge in [0.15, 0.2) is 0 Å². The van der Waals surface area contributed by atoms with Crippen LogP contribution in [0.2, 0.25) is 0 Å². The van der Waals surface area contributed by atoms with E-state index in [9.17, 15) is 9.59 Å². The first-order valence-electron chi connectivity index (χ1n) is 4.57. The van der Waals surface area contributed by atoms with Crippen LogP contribution in [0.4, 0.5) is 0 Å². The molecule has 0 radical (unpaired) electrons. The van der Waals surface area contributed by atoms with Gasteiger partial charge >= 0.3 is 0 Å². The molecule has 1 rings (SSSR count). The van der Waals surface area contributed by atoms with E-state index < -0.39 is 0 Å². The van der Waals surface area contributed by atoms with Gasteiger partial charge < -0.3 is 10.6 Å². The van der Waals surface area contributed by atoms with Crippen LogP contribution in [0.1, 0.15) is 17.4 Å². The van der Waals surface area contributed by atoms with E-state index in [1.165, 1.54) is 17.0 Å². The van der Waals surface area contributed by atoms with Crippen molar-refractivity contribution in [3.8, 4) is 0 Å². The second-order valence-corrected chi connectivity index (χ2v) is 3.47. The number of nitrogens with one attached hydrogen (secondary N) is 1. The molecule has 1 atom stereocenters. The summed E-state index contributed by atoms with van der Waals surface area (Å²) in [5.41, 5.74) is 5.44. The molecule has 1 unspecified atom stereocenters. The minimum atomic E-state index is -0.332. The van der Waals surface area contributed by atoms with Gasteiger partial charge in [0.05, 0.1) is 0 Å². The number of hydrogen-bond donors (Lipinski definition) is 2. The minimum Gasteiger partial charge on any atom is -0.339 e. The minimum absolute atomic E-state index is 0.0956. The maximum absolute atomic E-state index is 11.7. The summed E-state index contributed by atoms with van der Waals surface area (Å²) in [6.45, 7) is 2.25. The van der Waals surface area contributed by atoms with E-state index >= 15 is 0 Å². The maximum Gasteiger partial charge on any atom is 0.274 e. The molecule has 1 aromatic rings. The molecular weight excluding hydrogens is 196 g/mol. The first kappa shape index (κ1) is 11.4. The van der Waals surface area contributed by atoms with Crippen molar-refractivity contribution in [2.75, 3.05) is 13.6 Å². The Labute approximate surface area is 87.1 Å². The fourth-order valence-corrected chi connectivity index (χ4v) is 1.17. The first-order chi connectivity index (χ1) is 7.00. The Morgan fingerprint density at radius 2 is 2.33 bits per heavy atom. The van der Waals surface area contributed by atoms with Crippen LogP contribution in [-0.2, 0) is 0 Å². The zero-order valence-corrected chi connectivity index (χ0v) is 8.73. The summed E-state index contributed by atoms with van der Waals surface area (Å²) < 4.78 is 0. The normalized spacial score (nSPS) is 12.2. The molecule has 1 aromatic heterocycles. The van der Waals surface area contributed by atoms with Crippen LogP contribution in [0.3, 0.4) is 0 Å². The van der Waals surface area contributed by atoms with Gasteiger partial charge in [-0.1, -0.05) is 0 Å². The monoisotopic (exact) mass is 210 g/mol. The molecule has 15 heavy (non-hydrogen) atoms. The number of carbonyl (C=O) groups is 1. The molecule has 82 valence electrons. The standard InChI is InChI=1S/C9H14N4O2/c1-6(10)5-13(2)9(15)7-3-4-8(14)12-11-7/h3-4,6H,5,10H2,1-2H3,(H,12,14). The van der Waals surface area contributed by atoms with Gasteiger partial charge in [-0.25, -0.2) is 5.10 Å². The molecule has 0 aliphatic heterocycles. The lowest BCUT2D eigenvalue weighted by molar-refractivity contribution is 0.0781. The fraction of sp³-hybridized carbons (Fsp3) is 0.444. The van der Waals surface area contributed by atoms with Crippen LogP contribution < -0.4 is 11.3 Å². The molecule has 0 bridgehead atoms. The van der Waals surface area contributed by atoms with Crippen LogP contribution in [0.25, 0.3) is 0 Å². The third-order valence-corrected chi connectivity index (χ3v) is 1.81. The van der Waals surface area contributed by atoms with Gasteiger partial charge in [-0.15, -0.1) is 0 Å². The molecule has 0 fully saturated rings. The summed E-state index contributed by atoms with van der Waals surface area (Å²) in [6.07, 6.45) is 0. The van der Waals surface area contributed by atoms with Crippen molar-refractivity contribution >= 4 is 5.91 Å². The van der Waals surface area contributed by atoms with Crippen LogP contribution in [0, 0.1) is 0 Å². The van der Waals surface area contributed by atoms with Gasteiger partial charge in [0.2, 0.25) is 0 Å². The zero-order valence-electron chi connectivity index (χ0n) is 8.73. The van der Waals surface area contributed by atoms with E-state index in [4.69, 9.17) is 5.73 Å². The molecular formula is C9H14N4O2. The second-order valence-electron chi connectivity index (χ2n) is 3.47. The molecule has 1 amide bonds. The van der Waals surface area contributed by atoms with E-state index in [2.05, 4.69) is 10.2 Å². The van der Waals surface area contributed by atoms with Crippen molar-refractivity contribution in [2.24, 2.45) is 5.73 Å². The number of carbonyl (C=O) groups excluding carboxylic acids is 1. The smallest absolute Gasteiger partial charge is 0.274 e. The van der Waals surface area contributed by atoms with Gasteiger partial charge in [0.1, 0.15) is 5.69 Å². The molecule has 0 saturated carbocycles. The van der Waals surface area contributed by atoms with Crippen molar-refractivity contribution < 1.29 is 4.79 Å². The summed E-state index contributed by atoms with van der Waals surface area (Å²) in [4.78, 5) is 23.9. The Morgan fingerprint density at radius 1 is 1.67 bits per heavy atom. The van der Waals surface area contributed by atoms with Crippen molar-refractivity contribution in [3.05, 3.63) is 28.2 Å². The number of aromatic amines is 1. The summed E-state index contributed by atoms with van der Waals surface area (Å²) >= 11 is 0. The van der Waals surface area contributed by atoms with Gasteiger partial charge in [-0.05, 0) is 13.0 Å². The Hall–Kier alpha value is -1.69. The number of likely N-dealkylation sites (N-methyl/N-ethyl adjacent to an activating group) is 1. The Kier molecular flexibility index (Phi) is 3.56. The zero-order chi connectivity index (χ0) is 11.4. The fourth-order valence-electron chi connectivity index (χ4n) is 1.17. The summed E-state index contributed by atoms with van der Waals surface area (Å²) in [5.74, 6) is -0.261. The Balaban J connectivity index is 2.76. The molecule has 3 N–H and O–H groups in total. The number of nitrogens with two attached hydrogens (primary N) is 1. The second kappa shape index (κ2) is 4.70. The lowest BCUT2D eigenvalue weighted by Crippen LogP contribution is -2.37. The van der Waals surface area contributed by atoms with E-state index in [0.717, 1.165) is 0 Å². The molecule has 6 nitrogen and oxygen atoms in total. The lowest BCUT2D eigenvalue weighted by Gasteiger charge is -2.18. The van der Waals surface area contributed by atoms with E-state index in [0.29, 0.717) is 6.54 Å². The van der Waals surface area contributed by atoms with Crippen molar-refractivity contribution in [2.45, 2.75) is 13.0 Å². The summed E-state index contributed by atoms with van der Waals surface area (Å²) in [7, 11) is 1.64. The van der Waals surface area contributed by atoms with Gasteiger partial charge in [0.25, 0.3) is 11.5 Å². The molecule has 6 heteroatoms. The van der Waals surface area contributed by atoms with Crippen LogP contribution >= 0.6 is 0 Å². The molecule has 0 spiro atoms. The maximum atomic E-state index is 11.7. The van der Waals surface area contributed by atoms with Crippen LogP contribution in [0.15, 0.2) is 16.9 Å². The number of hydrogen-bond acceptors (Lipinski definition) is 4.